The van der Waals surface area contributed by atoms with Crippen molar-refractivity contribution in [3.63, 3.8) is 0 Å². The molecule has 0 aromatic heterocycles. The molecule has 0 atom stereocenters. The fourth-order valence-corrected chi connectivity index (χ4v) is 3.08. The second kappa shape index (κ2) is 10.4. The first kappa shape index (κ1) is 18.9. The van der Waals surface area contributed by atoms with Crippen LogP contribution in [-0.4, -0.2) is 63.2 Å². The van der Waals surface area contributed by atoms with Crippen LogP contribution < -0.4 is 15.5 Å². The molecule has 0 spiro atoms. The normalized spacial score (nSPS) is 15.2. The van der Waals surface area contributed by atoms with Crippen molar-refractivity contribution in [3.05, 3.63) is 29.3 Å². The van der Waals surface area contributed by atoms with Crippen molar-refractivity contribution in [2.45, 2.75) is 20.3 Å². The number of halogens is 1. The van der Waals surface area contributed by atoms with E-state index in [0.717, 1.165) is 69.8 Å². The molecule has 0 radical (unpaired) electrons. The van der Waals surface area contributed by atoms with Crippen LogP contribution in [0.25, 0.3) is 0 Å². The van der Waals surface area contributed by atoms with Gasteiger partial charge < -0.3 is 15.5 Å². The quantitative estimate of drug-likeness (QED) is 0.450. The van der Waals surface area contributed by atoms with Crippen molar-refractivity contribution < 1.29 is 0 Å². The largest absolute Gasteiger partial charge is 0.369 e. The van der Waals surface area contributed by atoms with Gasteiger partial charge in [-0.05, 0) is 38.5 Å². The third kappa shape index (κ3) is 6.21. The maximum Gasteiger partial charge on any atom is 0.191 e. The lowest BCUT2D eigenvalue weighted by Crippen LogP contribution is -2.46. The van der Waals surface area contributed by atoms with Crippen LogP contribution in [0, 0.1) is 0 Å². The zero-order valence-electron chi connectivity index (χ0n) is 14.9. The van der Waals surface area contributed by atoms with E-state index in [0.29, 0.717) is 0 Å². The van der Waals surface area contributed by atoms with Crippen LogP contribution in [0.5, 0.6) is 0 Å². The molecule has 0 bridgehead atoms. The van der Waals surface area contributed by atoms with E-state index in [1.165, 1.54) is 5.69 Å². The van der Waals surface area contributed by atoms with Crippen molar-refractivity contribution in [1.82, 2.24) is 15.5 Å². The van der Waals surface area contributed by atoms with Gasteiger partial charge in [0.2, 0.25) is 0 Å². The SMILES string of the molecule is CCNC(=NCCCN1CCN(c2cccc(Cl)c2)CC1)NCC. The summed E-state index contributed by atoms with van der Waals surface area (Å²) in [7, 11) is 0. The lowest BCUT2D eigenvalue weighted by atomic mass is 10.2. The molecule has 2 N–H and O–H groups in total. The monoisotopic (exact) mass is 351 g/mol. The summed E-state index contributed by atoms with van der Waals surface area (Å²) in [5.41, 5.74) is 1.23. The second-order valence-electron chi connectivity index (χ2n) is 5.95. The predicted molar refractivity (Wildman–Crippen MR) is 104 cm³/mol. The van der Waals surface area contributed by atoms with Crippen LogP contribution in [-0.2, 0) is 0 Å². The molecule has 24 heavy (non-hydrogen) atoms. The summed E-state index contributed by atoms with van der Waals surface area (Å²) in [6.45, 7) is 12.3. The molecule has 5 nitrogen and oxygen atoms in total. The van der Waals surface area contributed by atoms with E-state index in [1.54, 1.807) is 0 Å². The Balaban J connectivity index is 1.69. The Hall–Kier alpha value is -1.46. The molecular formula is C18H30ClN5. The minimum absolute atomic E-state index is 0.810. The van der Waals surface area contributed by atoms with Gasteiger partial charge in [-0.3, -0.25) is 9.89 Å². The van der Waals surface area contributed by atoms with E-state index in [1.807, 2.05) is 12.1 Å². The van der Waals surface area contributed by atoms with Gasteiger partial charge in [-0.25, -0.2) is 0 Å². The number of hydrogen-bond acceptors (Lipinski definition) is 3. The highest BCUT2D eigenvalue weighted by Crippen LogP contribution is 2.20. The Kier molecular flexibility index (Phi) is 8.19. The minimum atomic E-state index is 0.810. The summed E-state index contributed by atoms with van der Waals surface area (Å²) < 4.78 is 0. The standard InChI is InChI=1S/C18H30ClN5/c1-3-20-18(21-4-2)22-9-6-10-23-11-13-24(14-12-23)17-8-5-7-16(19)15-17/h5,7-8,15H,3-4,6,9-14H2,1-2H3,(H2,20,21,22). The Morgan fingerprint density at radius 3 is 2.46 bits per heavy atom. The highest BCUT2D eigenvalue weighted by atomic mass is 35.5. The van der Waals surface area contributed by atoms with Gasteiger partial charge in [-0.1, -0.05) is 17.7 Å². The molecule has 2 rings (SSSR count). The van der Waals surface area contributed by atoms with Gasteiger partial charge in [0.25, 0.3) is 0 Å². The van der Waals surface area contributed by atoms with Gasteiger partial charge in [-0.2, -0.15) is 0 Å². The summed E-state index contributed by atoms with van der Waals surface area (Å²) in [5, 5.41) is 7.33. The molecule has 1 saturated heterocycles. The number of hydrogen-bond donors (Lipinski definition) is 2. The van der Waals surface area contributed by atoms with E-state index >= 15 is 0 Å². The van der Waals surface area contributed by atoms with E-state index in [4.69, 9.17) is 11.6 Å². The Morgan fingerprint density at radius 1 is 1.12 bits per heavy atom. The number of aliphatic imine (C=N–C) groups is 1. The Morgan fingerprint density at radius 2 is 1.83 bits per heavy atom. The maximum absolute atomic E-state index is 6.09. The average Bonchev–Trinajstić information content (AvgIpc) is 2.59. The summed E-state index contributed by atoms with van der Waals surface area (Å²) in [5.74, 6) is 0.922. The topological polar surface area (TPSA) is 42.9 Å². The molecule has 134 valence electrons. The zero-order chi connectivity index (χ0) is 17.2. The smallest absolute Gasteiger partial charge is 0.191 e. The van der Waals surface area contributed by atoms with Crippen molar-refractivity contribution in [1.29, 1.82) is 0 Å². The van der Waals surface area contributed by atoms with Crippen molar-refractivity contribution >= 4 is 23.2 Å². The van der Waals surface area contributed by atoms with Gasteiger partial charge >= 0.3 is 0 Å². The molecule has 1 aliphatic heterocycles. The van der Waals surface area contributed by atoms with Gasteiger partial charge in [-0.15, -0.1) is 0 Å². The number of rotatable bonds is 7. The third-order valence-corrected chi connectivity index (χ3v) is 4.37. The molecule has 1 aromatic carbocycles. The summed E-state index contributed by atoms with van der Waals surface area (Å²) >= 11 is 6.09. The molecule has 0 saturated carbocycles. The fraction of sp³-hybridized carbons (Fsp3) is 0.611. The number of anilines is 1. The molecule has 0 amide bonds. The lowest BCUT2D eigenvalue weighted by Gasteiger charge is -2.36. The van der Waals surface area contributed by atoms with E-state index in [9.17, 15) is 0 Å². The molecule has 0 aliphatic carbocycles. The first-order chi connectivity index (χ1) is 11.7. The molecule has 1 fully saturated rings. The molecule has 0 unspecified atom stereocenters. The predicted octanol–water partition coefficient (Wildman–Crippen LogP) is 2.43. The van der Waals surface area contributed by atoms with Crippen LogP contribution >= 0.6 is 11.6 Å². The third-order valence-electron chi connectivity index (χ3n) is 4.14. The van der Waals surface area contributed by atoms with Crippen LogP contribution in [0.2, 0.25) is 5.02 Å². The lowest BCUT2D eigenvalue weighted by molar-refractivity contribution is 0.256. The number of nitrogens with one attached hydrogen (secondary N) is 2. The van der Waals surface area contributed by atoms with E-state index < -0.39 is 0 Å². The van der Waals surface area contributed by atoms with Crippen molar-refractivity contribution in [3.8, 4) is 0 Å². The first-order valence-corrected chi connectivity index (χ1v) is 9.35. The molecular weight excluding hydrogens is 322 g/mol. The highest BCUT2D eigenvalue weighted by Gasteiger charge is 2.16. The Labute approximate surface area is 151 Å². The minimum Gasteiger partial charge on any atom is -0.369 e. The number of piperazine rings is 1. The maximum atomic E-state index is 6.09. The molecule has 1 aliphatic rings. The molecule has 6 heteroatoms. The zero-order valence-corrected chi connectivity index (χ0v) is 15.6. The molecule has 1 heterocycles. The average molecular weight is 352 g/mol. The van der Waals surface area contributed by atoms with Crippen LogP contribution in [0.15, 0.2) is 29.3 Å². The molecule has 1 aromatic rings. The first-order valence-electron chi connectivity index (χ1n) is 8.98. The van der Waals surface area contributed by atoms with Gasteiger partial charge in [0.05, 0.1) is 0 Å². The summed E-state index contributed by atoms with van der Waals surface area (Å²) in [4.78, 5) is 9.54. The van der Waals surface area contributed by atoms with Crippen molar-refractivity contribution in [2.75, 3.05) is 57.3 Å². The second-order valence-corrected chi connectivity index (χ2v) is 6.39. The fourth-order valence-electron chi connectivity index (χ4n) is 2.90. The van der Waals surface area contributed by atoms with E-state index in [-0.39, 0.29) is 0 Å². The van der Waals surface area contributed by atoms with Gasteiger partial charge in [0.15, 0.2) is 5.96 Å². The number of guanidine groups is 1. The summed E-state index contributed by atoms with van der Waals surface area (Å²) in [6.07, 6.45) is 1.09. The number of nitrogens with zero attached hydrogens (tertiary/aromatic N) is 3. The Bertz CT molecular complexity index is 504. The van der Waals surface area contributed by atoms with E-state index in [2.05, 4.69) is 51.4 Å². The van der Waals surface area contributed by atoms with Crippen LogP contribution in [0.3, 0.4) is 0 Å². The number of benzene rings is 1. The van der Waals surface area contributed by atoms with Crippen molar-refractivity contribution in [2.24, 2.45) is 4.99 Å². The van der Waals surface area contributed by atoms with Crippen LogP contribution in [0.4, 0.5) is 5.69 Å². The van der Waals surface area contributed by atoms with Gasteiger partial charge in [0, 0.05) is 63.1 Å². The highest BCUT2D eigenvalue weighted by molar-refractivity contribution is 6.30. The summed E-state index contributed by atoms with van der Waals surface area (Å²) in [6, 6.07) is 8.14. The van der Waals surface area contributed by atoms with Crippen LogP contribution in [0.1, 0.15) is 20.3 Å². The van der Waals surface area contributed by atoms with Gasteiger partial charge in [0.1, 0.15) is 0 Å².